The standard InChI is InChI=1S/C20H27N3O6S2/c1-3-4-14-21-30(25,26)18-9-5-16(6-10-18)23-20(24)13-15-22-31(27,28)19-11-7-17(29-2)8-12-19/h5-12,21-22H,3-4,13-15H2,1-2H3,(H,23,24). The lowest BCUT2D eigenvalue weighted by atomic mass is 10.3. The van der Waals surface area contributed by atoms with E-state index in [4.69, 9.17) is 4.74 Å². The molecule has 0 radical (unpaired) electrons. The summed E-state index contributed by atoms with van der Waals surface area (Å²) in [6.07, 6.45) is 1.54. The molecule has 0 fully saturated rings. The zero-order valence-corrected chi connectivity index (χ0v) is 19.1. The van der Waals surface area contributed by atoms with Gasteiger partial charge in [-0.15, -0.1) is 0 Å². The third kappa shape index (κ3) is 7.62. The molecule has 0 aliphatic carbocycles. The Labute approximate surface area is 183 Å². The minimum atomic E-state index is -3.74. The zero-order valence-electron chi connectivity index (χ0n) is 17.4. The smallest absolute Gasteiger partial charge is 0.240 e. The van der Waals surface area contributed by atoms with Crippen LogP contribution in [-0.2, 0) is 24.8 Å². The van der Waals surface area contributed by atoms with E-state index in [1.54, 1.807) is 0 Å². The Hall–Kier alpha value is -2.47. The van der Waals surface area contributed by atoms with Crippen molar-refractivity contribution >= 4 is 31.6 Å². The van der Waals surface area contributed by atoms with E-state index in [1.165, 1.54) is 55.6 Å². The SMILES string of the molecule is CCCCNS(=O)(=O)c1ccc(NC(=O)CCNS(=O)(=O)c2ccc(OC)cc2)cc1. The first-order valence-corrected chi connectivity index (χ1v) is 12.7. The molecule has 0 spiro atoms. The number of ether oxygens (including phenoxy) is 1. The molecular weight excluding hydrogens is 442 g/mol. The van der Waals surface area contributed by atoms with Crippen LogP contribution in [0.1, 0.15) is 26.2 Å². The minimum absolute atomic E-state index is 0.0676. The number of sulfonamides is 2. The van der Waals surface area contributed by atoms with Gasteiger partial charge in [0.2, 0.25) is 26.0 Å². The molecule has 9 nitrogen and oxygen atoms in total. The van der Waals surface area contributed by atoms with Crippen LogP contribution in [0.5, 0.6) is 5.75 Å². The van der Waals surface area contributed by atoms with E-state index >= 15 is 0 Å². The molecule has 2 aromatic carbocycles. The average Bonchev–Trinajstić information content (AvgIpc) is 2.74. The van der Waals surface area contributed by atoms with Crippen LogP contribution in [0, 0.1) is 0 Å². The van der Waals surface area contributed by atoms with Crippen LogP contribution >= 0.6 is 0 Å². The molecule has 0 heterocycles. The van der Waals surface area contributed by atoms with Gasteiger partial charge < -0.3 is 10.1 Å². The lowest BCUT2D eigenvalue weighted by Crippen LogP contribution is -2.27. The minimum Gasteiger partial charge on any atom is -0.497 e. The predicted molar refractivity (Wildman–Crippen MR) is 118 cm³/mol. The summed E-state index contributed by atoms with van der Waals surface area (Å²) in [6.45, 7) is 2.24. The van der Waals surface area contributed by atoms with E-state index in [2.05, 4.69) is 14.8 Å². The lowest BCUT2D eigenvalue weighted by molar-refractivity contribution is -0.116. The first kappa shape index (κ1) is 24.8. The normalized spacial score (nSPS) is 11.8. The van der Waals surface area contributed by atoms with E-state index in [0.717, 1.165) is 12.8 Å². The number of benzene rings is 2. The van der Waals surface area contributed by atoms with Crippen molar-refractivity contribution in [1.29, 1.82) is 0 Å². The van der Waals surface area contributed by atoms with E-state index in [-0.39, 0.29) is 22.8 Å². The van der Waals surface area contributed by atoms with Gasteiger partial charge in [0.15, 0.2) is 0 Å². The van der Waals surface area contributed by atoms with Gasteiger partial charge in [-0.25, -0.2) is 26.3 Å². The summed E-state index contributed by atoms with van der Waals surface area (Å²) in [6, 6.07) is 11.6. The molecule has 0 aliphatic heterocycles. The third-order valence-electron chi connectivity index (χ3n) is 4.28. The highest BCUT2D eigenvalue weighted by atomic mass is 32.2. The third-order valence-corrected chi connectivity index (χ3v) is 7.24. The van der Waals surface area contributed by atoms with E-state index < -0.39 is 26.0 Å². The molecule has 0 atom stereocenters. The highest BCUT2D eigenvalue weighted by Gasteiger charge is 2.15. The fourth-order valence-electron chi connectivity index (χ4n) is 2.54. The Morgan fingerprint density at radius 2 is 1.35 bits per heavy atom. The van der Waals surface area contributed by atoms with Crippen LogP contribution in [0.3, 0.4) is 0 Å². The zero-order chi connectivity index (χ0) is 22.9. The Morgan fingerprint density at radius 3 is 1.87 bits per heavy atom. The quantitative estimate of drug-likeness (QED) is 0.408. The van der Waals surface area contributed by atoms with Crippen LogP contribution in [0.25, 0.3) is 0 Å². The summed E-state index contributed by atoms with van der Waals surface area (Å²) in [4.78, 5) is 12.3. The second-order valence-corrected chi connectivity index (χ2v) is 10.2. The number of nitrogens with one attached hydrogen (secondary N) is 3. The molecule has 2 rings (SSSR count). The van der Waals surface area contributed by atoms with Crippen LogP contribution in [0.4, 0.5) is 5.69 Å². The lowest BCUT2D eigenvalue weighted by Gasteiger charge is -2.09. The molecule has 0 aliphatic rings. The van der Waals surface area contributed by atoms with Crippen molar-refractivity contribution in [2.45, 2.75) is 36.0 Å². The summed E-state index contributed by atoms with van der Waals surface area (Å²) >= 11 is 0. The molecule has 3 N–H and O–H groups in total. The second-order valence-electron chi connectivity index (χ2n) is 6.65. The molecular formula is C20H27N3O6S2. The molecule has 0 unspecified atom stereocenters. The van der Waals surface area contributed by atoms with Crippen molar-refractivity contribution < 1.29 is 26.4 Å². The molecule has 0 bridgehead atoms. The number of amides is 1. The average molecular weight is 470 g/mol. The number of carbonyl (C=O) groups excluding carboxylic acids is 1. The first-order chi connectivity index (χ1) is 14.7. The number of methoxy groups -OCH3 is 1. The molecule has 0 aromatic heterocycles. The Bertz CT molecular complexity index is 1070. The highest BCUT2D eigenvalue weighted by Crippen LogP contribution is 2.16. The van der Waals surface area contributed by atoms with Crippen molar-refractivity contribution in [3.8, 4) is 5.75 Å². The van der Waals surface area contributed by atoms with Gasteiger partial charge in [0.1, 0.15) is 5.75 Å². The van der Waals surface area contributed by atoms with Crippen molar-refractivity contribution in [3.63, 3.8) is 0 Å². The number of anilines is 1. The topological polar surface area (TPSA) is 131 Å². The predicted octanol–water partition coefficient (Wildman–Crippen LogP) is 2.08. The maximum Gasteiger partial charge on any atom is 0.240 e. The molecule has 1 amide bonds. The van der Waals surface area contributed by atoms with Gasteiger partial charge in [-0.3, -0.25) is 4.79 Å². The van der Waals surface area contributed by atoms with Crippen LogP contribution in [0.15, 0.2) is 58.3 Å². The van der Waals surface area contributed by atoms with Crippen molar-refractivity contribution in [2.24, 2.45) is 0 Å². The van der Waals surface area contributed by atoms with E-state index in [1.807, 2.05) is 6.92 Å². The van der Waals surface area contributed by atoms with Crippen LogP contribution < -0.4 is 19.5 Å². The van der Waals surface area contributed by atoms with Crippen molar-refractivity contribution in [2.75, 3.05) is 25.5 Å². The largest absolute Gasteiger partial charge is 0.497 e. The maximum atomic E-state index is 12.3. The number of unbranched alkanes of at least 4 members (excludes halogenated alkanes) is 1. The van der Waals surface area contributed by atoms with Gasteiger partial charge in [-0.05, 0) is 55.0 Å². The Balaban J connectivity index is 1.85. The van der Waals surface area contributed by atoms with Crippen LogP contribution in [0.2, 0.25) is 0 Å². The monoisotopic (exact) mass is 469 g/mol. The summed E-state index contributed by atoms with van der Waals surface area (Å²) in [5, 5.41) is 2.61. The van der Waals surface area contributed by atoms with Gasteiger partial charge in [-0.2, -0.15) is 0 Å². The van der Waals surface area contributed by atoms with Gasteiger partial charge in [0, 0.05) is 25.2 Å². The first-order valence-electron chi connectivity index (χ1n) is 9.71. The van der Waals surface area contributed by atoms with Gasteiger partial charge in [-0.1, -0.05) is 13.3 Å². The molecule has 11 heteroatoms. The van der Waals surface area contributed by atoms with E-state index in [9.17, 15) is 21.6 Å². The summed E-state index contributed by atoms with van der Waals surface area (Å²) in [5.74, 6) is 0.128. The van der Waals surface area contributed by atoms with Crippen molar-refractivity contribution in [1.82, 2.24) is 9.44 Å². The Kier molecular flexibility index (Phi) is 8.99. The van der Waals surface area contributed by atoms with Gasteiger partial charge in [0.05, 0.1) is 16.9 Å². The number of rotatable bonds is 12. The molecule has 0 saturated heterocycles. The number of hydrogen-bond acceptors (Lipinski definition) is 6. The second kappa shape index (κ2) is 11.2. The van der Waals surface area contributed by atoms with Gasteiger partial charge >= 0.3 is 0 Å². The number of hydrogen-bond donors (Lipinski definition) is 3. The summed E-state index contributed by atoms with van der Waals surface area (Å²) in [5.41, 5.74) is 0.413. The fourth-order valence-corrected chi connectivity index (χ4v) is 4.65. The fraction of sp³-hybridized carbons (Fsp3) is 0.350. The molecule has 2 aromatic rings. The Morgan fingerprint density at radius 1 is 0.839 bits per heavy atom. The molecule has 170 valence electrons. The summed E-state index contributed by atoms with van der Waals surface area (Å²) in [7, 11) is -5.85. The van der Waals surface area contributed by atoms with E-state index in [0.29, 0.717) is 18.0 Å². The summed E-state index contributed by atoms with van der Waals surface area (Å²) < 4.78 is 58.7. The van der Waals surface area contributed by atoms with Crippen molar-refractivity contribution in [3.05, 3.63) is 48.5 Å². The maximum absolute atomic E-state index is 12.3. The molecule has 0 saturated carbocycles. The molecule has 31 heavy (non-hydrogen) atoms. The van der Waals surface area contributed by atoms with Gasteiger partial charge in [0.25, 0.3) is 0 Å². The highest BCUT2D eigenvalue weighted by molar-refractivity contribution is 7.89. The van der Waals surface area contributed by atoms with Crippen LogP contribution in [-0.4, -0.2) is 42.9 Å². The number of carbonyl (C=O) groups is 1.